The smallest absolute Gasteiger partial charge is 0.211 e. The minimum absolute atomic E-state index is 0.0956. The van der Waals surface area contributed by atoms with Gasteiger partial charge in [-0.15, -0.1) is 11.3 Å². The molecular formula is C11H20N4O2S2. The van der Waals surface area contributed by atoms with Crippen LogP contribution in [0.4, 0.5) is 0 Å². The summed E-state index contributed by atoms with van der Waals surface area (Å²) in [5.41, 5.74) is 0. The first kappa shape index (κ1) is 15.9. The summed E-state index contributed by atoms with van der Waals surface area (Å²) in [7, 11) is -1.44. The van der Waals surface area contributed by atoms with Crippen LogP contribution in [-0.4, -0.2) is 40.3 Å². The third-order valence-corrected chi connectivity index (χ3v) is 4.63. The number of nitrogens with zero attached hydrogens (tertiary/aromatic N) is 1. The molecule has 1 rings (SSSR count). The van der Waals surface area contributed by atoms with E-state index in [1.54, 1.807) is 25.3 Å². The molecular weight excluding hydrogens is 284 g/mol. The maximum Gasteiger partial charge on any atom is 0.211 e. The molecule has 0 aliphatic rings. The maximum absolute atomic E-state index is 11.2. The van der Waals surface area contributed by atoms with Crippen LogP contribution in [0.5, 0.6) is 0 Å². The van der Waals surface area contributed by atoms with Gasteiger partial charge in [0.1, 0.15) is 0 Å². The molecule has 108 valence electrons. The number of sulfonamides is 1. The van der Waals surface area contributed by atoms with E-state index in [0.29, 0.717) is 25.6 Å². The van der Waals surface area contributed by atoms with Gasteiger partial charge < -0.3 is 10.6 Å². The molecule has 0 fully saturated rings. The molecule has 1 aromatic heterocycles. The Labute approximate surface area is 118 Å². The Kier molecular flexibility index (Phi) is 6.82. The Bertz CT molecular complexity index is 483. The van der Waals surface area contributed by atoms with Gasteiger partial charge >= 0.3 is 0 Å². The van der Waals surface area contributed by atoms with Gasteiger partial charge in [-0.2, -0.15) is 0 Å². The van der Waals surface area contributed by atoms with Crippen molar-refractivity contribution >= 4 is 27.3 Å². The molecule has 0 aromatic carbocycles. The second-order valence-electron chi connectivity index (χ2n) is 3.73. The second kappa shape index (κ2) is 8.13. The van der Waals surface area contributed by atoms with E-state index in [-0.39, 0.29) is 5.75 Å². The lowest BCUT2D eigenvalue weighted by atomic mass is 10.5. The highest BCUT2D eigenvalue weighted by Gasteiger charge is 2.05. The van der Waals surface area contributed by atoms with Crippen LogP contribution < -0.4 is 15.4 Å². The molecule has 6 nitrogen and oxygen atoms in total. The van der Waals surface area contributed by atoms with Gasteiger partial charge in [0, 0.05) is 25.0 Å². The lowest BCUT2D eigenvalue weighted by Gasteiger charge is -2.11. The van der Waals surface area contributed by atoms with Crippen molar-refractivity contribution in [1.82, 2.24) is 15.4 Å². The van der Waals surface area contributed by atoms with Crippen LogP contribution in [0.1, 0.15) is 11.8 Å². The number of thiophene rings is 1. The first-order valence-corrected chi connectivity index (χ1v) is 8.55. The molecule has 0 bridgehead atoms. The number of guanidine groups is 1. The number of aliphatic imine (C=N–C) groups is 1. The molecule has 0 aliphatic carbocycles. The Morgan fingerprint density at radius 1 is 1.37 bits per heavy atom. The van der Waals surface area contributed by atoms with Crippen molar-refractivity contribution in [2.24, 2.45) is 4.99 Å². The molecule has 0 unspecified atom stereocenters. The SMILES string of the molecule is CCS(=O)(=O)NCCNC(=NC)NCc1cccs1. The van der Waals surface area contributed by atoms with Crippen molar-refractivity contribution < 1.29 is 8.42 Å². The summed E-state index contributed by atoms with van der Waals surface area (Å²) >= 11 is 1.67. The van der Waals surface area contributed by atoms with E-state index in [1.165, 1.54) is 4.88 Å². The highest BCUT2D eigenvalue weighted by Crippen LogP contribution is 2.06. The quantitative estimate of drug-likeness (QED) is 0.386. The number of hydrogen-bond acceptors (Lipinski definition) is 4. The van der Waals surface area contributed by atoms with Gasteiger partial charge in [-0.3, -0.25) is 4.99 Å². The fourth-order valence-corrected chi connectivity index (χ4v) is 2.56. The van der Waals surface area contributed by atoms with Crippen molar-refractivity contribution in [1.29, 1.82) is 0 Å². The largest absolute Gasteiger partial charge is 0.355 e. The minimum Gasteiger partial charge on any atom is -0.355 e. The molecule has 0 aliphatic heterocycles. The van der Waals surface area contributed by atoms with E-state index < -0.39 is 10.0 Å². The van der Waals surface area contributed by atoms with E-state index in [1.807, 2.05) is 17.5 Å². The van der Waals surface area contributed by atoms with E-state index in [2.05, 4.69) is 20.3 Å². The Morgan fingerprint density at radius 2 is 2.16 bits per heavy atom. The van der Waals surface area contributed by atoms with Gasteiger partial charge in [-0.1, -0.05) is 6.07 Å². The van der Waals surface area contributed by atoms with Gasteiger partial charge in [0.15, 0.2) is 5.96 Å². The lowest BCUT2D eigenvalue weighted by Crippen LogP contribution is -2.41. The summed E-state index contributed by atoms with van der Waals surface area (Å²) in [5.74, 6) is 0.752. The topological polar surface area (TPSA) is 82.6 Å². The first-order chi connectivity index (χ1) is 9.07. The molecule has 0 amide bonds. The number of hydrogen-bond donors (Lipinski definition) is 3. The predicted molar refractivity (Wildman–Crippen MR) is 80.0 cm³/mol. The zero-order chi connectivity index (χ0) is 14.1. The van der Waals surface area contributed by atoms with E-state index in [4.69, 9.17) is 0 Å². The standard InChI is InChI=1S/C11H20N4O2S2/c1-3-19(16,17)15-7-6-13-11(12-2)14-9-10-5-4-8-18-10/h4-5,8,15H,3,6-7,9H2,1-2H3,(H2,12,13,14). The summed E-state index contributed by atoms with van der Waals surface area (Å²) in [6.07, 6.45) is 0. The molecule has 1 heterocycles. The summed E-state index contributed by atoms with van der Waals surface area (Å²) in [4.78, 5) is 5.28. The van der Waals surface area contributed by atoms with Crippen molar-refractivity contribution in [3.63, 3.8) is 0 Å². The fraction of sp³-hybridized carbons (Fsp3) is 0.545. The Hall–Kier alpha value is -1.12. The highest BCUT2D eigenvalue weighted by molar-refractivity contribution is 7.89. The van der Waals surface area contributed by atoms with Crippen LogP contribution in [0.25, 0.3) is 0 Å². The van der Waals surface area contributed by atoms with Gasteiger partial charge in [-0.05, 0) is 18.4 Å². The van der Waals surface area contributed by atoms with Crippen LogP contribution in [0.15, 0.2) is 22.5 Å². The molecule has 0 saturated carbocycles. The van der Waals surface area contributed by atoms with Crippen molar-refractivity contribution in [3.8, 4) is 0 Å². The monoisotopic (exact) mass is 304 g/mol. The molecule has 0 atom stereocenters. The van der Waals surface area contributed by atoms with Crippen LogP contribution in [-0.2, 0) is 16.6 Å². The molecule has 3 N–H and O–H groups in total. The number of nitrogens with one attached hydrogen (secondary N) is 3. The maximum atomic E-state index is 11.2. The summed E-state index contributed by atoms with van der Waals surface area (Å²) in [6, 6.07) is 4.04. The minimum atomic E-state index is -3.12. The normalized spacial score (nSPS) is 12.4. The van der Waals surface area contributed by atoms with E-state index >= 15 is 0 Å². The van der Waals surface area contributed by atoms with E-state index in [0.717, 1.165) is 0 Å². The van der Waals surface area contributed by atoms with Crippen molar-refractivity contribution in [2.45, 2.75) is 13.5 Å². The van der Waals surface area contributed by atoms with Gasteiger partial charge in [0.25, 0.3) is 0 Å². The average molecular weight is 304 g/mol. The Balaban J connectivity index is 2.23. The van der Waals surface area contributed by atoms with Crippen LogP contribution in [0.3, 0.4) is 0 Å². The first-order valence-electron chi connectivity index (χ1n) is 6.01. The molecule has 0 radical (unpaired) electrons. The van der Waals surface area contributed by atoms with E-state index in [9.17, 15) is 8.42 Å². The van der Waals surface area contributed by atoms with Gasteiger partial charge in [0.2, 0.25) is 10.0 Å². The molecule has 0 spiro atoms. The summed E-state index contributed by atoms with van der Waals surface area (Å²) in [6.45, 7) is 3.15. The molecule has 1 aromatic rings. The van der Waals surface area contributed by atoms with Gasteiger partial charge in [0.05, 0.1) is 12.3 Å². The third kappa shape index (κ3) is 6.55. The zero-order valence-electron chi connectivity index (χ0n) is 11.1. The predicted octanol–water partition coefficient (Wildman–Crippen LogP) is 0.352. The molecule has 19 heavy (non-hydrogen) atoms. The average Bonchev–Trinajstić information content (AvgIpc) is 2.91. The molecule has 0 saturated heterocycles. The highest BCUT2D eigenvalue weighted by atomic mass is 32.2. The molecule has 8 heteroatoms. The van der Waals surface area contributed by atoms with Crippen LogP contribution >= 0.6 is 11.3 Å². The number of rotatable bonds is 7. The lowest BCUT2D eigenvalue weighted by molar-refractivity contribution is 0.582. The van der Waals surface area contributed by atoms with Crippen molar-refractivity contribution in [2.75, 3.05) is 25.9 Å². The fourth-order valence-electron chi connectivity index (χ4n) is 1.29. The van der Waals surface area contributed by atoms with Crippen LogP contribution in [0.2, 0.25) is 0 Å². The zero-order valence-corrected chi connectivity index (χ0v) is 12.8. The van der Waals surface area contributed by atoms with Crippen LogP contribution in [0, 0.1) is 0 Å². The third-order valence-electron chi connectivity index (χ3n) is 2.35. The summed E-state index contributed by atoms with van der Waals surface area (Å²) < 4.78 is 24.9. The Morgan fingerprint density at radius 3 is 2.74 bits per heavy atom. The summed E-state index contributed by atoms with van der Waals surface area (Å²) in [5, 5.41) is 8.22. The van der Waals surface area contributed by atoms with Crippen molar-refractivity contribution in [3.05, 3.63) is 22.4 Å². The second-order valence-corrected chi connectivity index (χ2v) is 6.86. The van der Waals surface area contributed by atoms with Gasteiger partial charge in [-0.25, -0.2) is 13.1 Å².